The Morgan fingerprint density at radius 3 is 2.90 bits per heavy atom. The lowest BCUT2D eigenvalue weighted by atomic mass is 10.4. The minimum atomic E-state index is -0.827. The van der Waals surface area contributed by atoms with E-state index in [0.717, 1.165) is 31.3 Å². The van der Waals surface area contributed by atoms with Gasteiger partial charge in [-0.15, -0.1) is 0 Å². The third-order valence-electron chi connectivity index (χ3n) is 3.13. The number of nitrogens with one attached hydrogen (secondary N) is 2. The first-order valence-corrected chi connectivity index (χ1v) is 9.42. The molecule has 1 unspecified atom stereocenters. The number of hydrogen-bond donors (Lipinski definition) is 3. The van der Waals surface area contributed by atoms with Crippen LogP contribution in [0.3, 0.4) is 0 Å². The lowest BCUT2D eigenvalue weighted by Crippen LogP contribution is -2.43. The minimum absolute atomic E-state index is 0.201. The van der Waals surface area contributed by atoms with Crippen molar-refractivity contribution in [2.75, 3.05) is 55.4 Å². The maximum Gasteiger partial charge on any atom is 0.265 e. The summed E-state index contributed by atoms with van der Waals surface area (Å²) in [5.41, 5.74) is 5.85. The van der Waals surface area contributed by atoms with Crippen molar-refractivity contribution in [3.05, 3.63) is 4.88 Å². The molecule has 0 spiro atoms. The number of carbonyl (C=O) groups excluding carboxylic acids is 1. The molecule has 118 valence electrons. The van der Waals surface area contributed by atoms with Crippen LogP contribution in [0.2, 0.25) is 0 Å². The molecule has 1 saturated heterocycles. The van der Waals surface area contributed by atoms with E-state index in [-0.39, 0.29) is 11.7 Å². The Morgan fingerprint density at radius 2 is 2.24 bits per heavy atom. The number of thiazole rings is 1. The Balaban J connectivity index is 1.91. The van der Waals surface area contributed by atoms with Gasteiger partial charge >= 0.3 is 0 Å². The number of hydrogen-bond acceptors (Lipinski definition) is 7. The van der Waals surface area contributed by atoms with Gasteiger partial charge in [0.1, 0.15) is 10.7 Å². The number of nitrogens with zero attached hydrogens (tertiary/aromatic N) is 2. The summed E-state index contributed by atoms with van der Waals surface area (Å²) in [4.78, 5) is 19.0. The standard InChI is InChI=1S/C12H21N5O2S2/c1-21(19)8-2-3-15-11(18)9-10(13)16-12(20-9)17-6-4-14-5-7-17/h14H,2-8,13H2,1H3,(H,15,18). The van der Waals surface area contributed by atoms with Crippen LogP contribution in [0, 0.1) is 0 Å². The van der Waals surface area contributed by atoms with E-state index in [1.807, 2.05) is 0 Å². The molecule has 7 nitrogen and oxygen atoms in total. The van der Waals surface area contributed by atoms with Crippen molar-refractivity contribution in [1.82, 2.24) is 15.6 Å². The molecule has 4 N–H and O–H groups in total. The van der Waals surface area contributed by atoms with Gasteiger partial charge in [0.05, 0.1) is 0 Å². The Hall–Kier alpha value is -1.19. The first kappa shape index (κ1) is 16.2. The number of nitrogens with two attached hydrogens (primary N) is 1. The third-order valence-corrected chi connectivity index (χ3v) is 5.12. The van der Waals surface area contributed by atoms with Gasteiger partial charge in [0.15, 0.2) is 5.13 Å². The molecule has 2 heterocycles. The second kappa shape index (κ2) is 7.71. The van der Waals surface area contributed by atoms with E-state index in [9.17, 15) is 9.00 Å². The maximum atomic E-state index is 12.1. The average molecular weight is 331 g/mol. The Kier molecular flexibility index (Phi) is 5.95. The van der Waals surface area contributed by atoms with Crippen molar-refractivity contribution in [2.45, 2.75) is 6.42 Å². The molecule has 0 aliphatic carbocycles. The molecule has 0 aromatic carbocycles. The Labute approximate surface area is 130 Å². The molecule has 1 aromatic heterocycles. The molecule has 0 bridgehead atoms. The van der Waals surface area contributed by atoms with Crippen molar-refractivity contribution in [3.8, 4) is 0 Å². The zero-order valence-corrected chi connectivity index (χ0v) is 13.7. The van der Waals surface area contributed by atoms with Gasteiger partial charge in [0.2, 0.25) is 0 Å². The molecule has 0 saturated carbocycles. The number of nitrogen functional groups attached to an aromatic ring is 1. The van der Waals surface area contributed by atoms with Crippen LogP contribution < -0.4 is 21.3 Å². The highest BCUT2D eigenvalue weighted by atomic mass is 32.2. The number of rotatable bonds is 6. The maximum absolute atomic E-state index is 12.1. The topological polar surface area (TPSA) is 100 Å². The van der Waals surface area contributed by atoms with Crippen LogP contribution in [-0.4, -0.2) is 59.8 Å². The molecule has 1 amide bonds. The zero-order chi connectivity index (χ0) is 15.2. The summed E-state index contributed by atoms with van der Waals surface area (Å²) in [5.74, 6) is 0.670. The van der Waals surface area contributed by atoms with E-state index in [0.29, 0.717) is 23.6 Å². The lowest BCUT2D eigenvalue weighted by Gasteiger charge is -2.26. The van der Waals surface area contributed by atoms with Gasteiger partial charge in [-0.3, -0.25) is 9.00 Å². The van der Waals surface area contributed by atoms with Gasteiger partial charge in [0, 0.05) is 55.5 Å². The van der Waals surface area contributed by atoms with Crippen LogP contribution in [0.4, 0.5) is 10.9 Å². The molecule has 1 atom stereocenters. The predicted octanol–water partition coefficient (Wildman–Crippen LogP) is -0.367. The molecule has 2 rings (SSSR count). The van der Waals surface area contributed by atoms with Gasteiger partial charge in [-0.2, -0.15) is 0 Å². The third kappa shape index (κ3) is 4.65. The molecule has 0 radical (unpaired) electrons. The van der Waals surface area contributed by atoms with Crippen molar-refractivity contribution in [1.29, 1.82) is 0 Å². The molecule has 21 heavy (non-hydrogen) atoms. The number of piperazine rings is 1. The van der Waals surface area contributed by atoms with E-state index in [2.05, 4.69) is 20.5 Å². The van der Waals surface area contributed by atoms with Gasteiger partial charge in [-0.05, 0) is 6.42 Å². The fourth-order valence-electron chi connectivity index (χ4n) is 2.03. The molecular weight excluding hydrogens is 310 g/mol. The molecular formula is C12H21N5O2S2. The second-order valence-electron chi connectivity index (χ2n) is 4.83. The van der Waals surface area contributed by atoms with Crippen LogP contribution >= 0.6 is 11.3 Å². The first-order valence-electron chi connectivity index (χ1n) is 6.88. The normalized spacial score (nSPS) is 16.7. The summed E-state index contributed by atoms with van der Waals surface area (Å²) in [5, 5.41) is 6.87. The number of amides is 1. The summed E-state index contributed by atoms with van der Waals surface area (Å²) in [7, 11) is -0.827. The first-order chi connectivity index (χ1) is 10.1. The van der Waals surface area contributed by atoms with Crippen LogP contribution in [0.5, 0.6) is 0 Å². The summed E-state index contributed by atoms with van der Waals surface area (Å²) in [6.45, 7) is 4.07. The molecule has 1 fully saturated rings. The van der Waals surface area contributed by atoms with Crippen LogP contribution in [0.25, 0.3) is 0 Å². The summed E-state index contributed by atoms with van der Waals surface area (Å²) in [6, 6.07) is 0. The van der Waals surface area contributed by atoms with E-state index >= 15 is 0 Å². The van der Waals surface area contributed by atoms with Crippen LogP contribution in [0.15, 0.2) is 0 Å². The van der Waals surface area contributed by atoms with Crippen molar-refractivity contribution in [3.63, 3.8) is 0 Å². The molecule has 1 aliphatic rings. The highest BCUT2D eigenvalue weighted by molar-refractivity contribution is 7.84. The lowest BCUT2D eigenvalue weighted by molar-refractivity contribution is 0.0958. The number of anilines is 2. The molecule has 1 aromatic rings. The number of carbonyl (C=O) groups is 1. The van der Waals surface area contributed by atoms with E-state index in [1.54, 1.807) is 6.26 Å². The zero-order valence-electron chi connectivity index (χ0n) is 12.1. The Bertz CT molecular complexity index is 514. The second-order valence-corrected chi connectivity index (χ2v) is 7.37. The highest BCUT2D eigenvalue weighted by Crippen LogP contribution is 2.28. The number of aromatic nitrogens is 1. The van der Waals surface area contributed by atoms with E-state index in [4.69, 9.17) is 5.73 Å². The van der Waals surface area contributed by atoms with Gasteiger partial charge in [-0.25, -0.2) is 4.98 Å². The van der Waals surface area contributed by atoms with E-state index < -0.39 is 10.8 Å². The highest BCUT2D eigenvalue weighted by Gasteiger charge is 2.20. The fourth-order valence-corrected chi connectivity index (χ4v) is 3.54. The molecule has 9 heteroatoms. The average Bonchev–Trinajstić information content (AvgIpc) is 2.86. The van der Waals surface area contributed by atoms with Gasteiger partial charge < -0.3 is 21.3 Å². The SMILES string of the molecule is CS(=O)CCCNC(=O)c1sc(N2CCNCC2)nc1N. The van der Waals surface area contributed by atoms with Gasteiger partial charge in [0.25, 0.3) is 5.91 Å². The van der Waals surface area contributed by atoms with Gasteiger partial charge in [-0.1, -0.05) is 11.3 Å². The monoisotopic (exact) mass is 331 g/mol. The smallest absolute Gasteiger partial charge is 0.265 e. The van der Waals surface area contributed by atoms with Crippen molar-refractivity contribution in [2.24, 2.45) is 0 Å². The quantitative estimate of drug-likeness (QED) is 0.615. The summed E-state index contributed by atoms with van der Waals surface area (Å²) in [6.07, 6.45) is 2.35. The predicted molar refractivity (Wildman–Crippen MR) is 87.5 cm³/mol. The summed E-state index contributed by atoms with van der Waals surface area (Å²) < 4.78 is 11.0. The van der Waals surface area contributed by atoms with Crippen molar-refractivity contribution < 1.29 is 9.00 Å². The summed E-state index contributed by atoms with van der Waals surface area (Å²) >= 11 is 1.33. The van der Waals surface area contributed by atoms with Crippen LogP contribution in [-0.2, 0) is 10.8 Å². The fraction of sp³-hybridized carbons (Fsp3) is 0.667. The van der Waals surface area contributed by atoms with Crippen molar-refractivity contribution >= 4 is 39.0 Å². The Morgan fingerprint density at radius 1 is 1.52 bits per heavy atom. The van der Waals surface area contributed by atoms with E-state index in [1.165, 1.54) is 11.3 Å². The largest absolute Gasteiger partial charge is 0.382 e. The van der Waals surface area contributed by atoms with Crippen LogP contribution in [0.1, 0.15) is 16.1 Å². The molecule has 1 aliphatic heterocycles. The minimum Gasteiger partial charge on any atom is -0.382 e.